The summed E-state index contributed by atoms with van der Waals surface area (Å²) < 4.78 is 10.1. The summed E-state index contributed by atoms with van der Waals surface area (Å²) in [4.78, 5) is 23.7. The van der Waals surface area contributed by atoms with E-state index in [0.29, 0.717) is 6.42 Å². The largest absolute Gasteiger partial charge is 0.413 e. The maximum absolute atomic E-state index is 11.9. The van der Waals surface area contributed by atoms with Crippen molar-refractivity contribution in [3.8, 4) is 12.3 Å². The lowest BCUT2D eigenvalue weighted by molar-refractivity contribution is -0.174. The Labute approximate surface area is 190 Å². The molecule has 1 unspecified atom stereocenters. The Morgan fingerprint density at radius 1 is 0.774 bits per heavy atom. The minimum absolute atomic E-state index is 0.294. The zero-order valence-corrected chi connectivity index (χ0v) is 19.9. The Morgan fingerprint density at radius 2 is 1.32 bits per heavy atom. The summed E-state index contributed by atoms with van der Waals surface area (Å²) in [6, 6.07) is 0. The summed E-state index contributed by atoms with van der Waals surface area (Å²) in [6.07, 6.45) is 28.8. The molecule has 176 valence electrons. The second-order valence-corrected chi connectivity index (χ2v) is 7.99. The predicted octanol–water partition coefficient (Wildman–Crippen LogP) is 7.43. The highest BCUT2D eigenvalue weighted by molar-refractivity contribution is 5.82. The van der Waals surface area contributed by atoms with Gasteiger partial charge in [0.15, 0.2) is 0 Å². The van der Waals surface area contributed by atoms with Crippen LogP contribution in [0.4, 0.5) is 0 Å². The third kappa shape index (κ3) is 21.0. The topological polar surface area (TPSA) is 52.6 Å². The van der Waals surface area contributed by atoms with E-state index in [-0.39, 0.29) is 0 Å². The van der Waals surface area contributed by atoms with Crippen LogP contribution >= 0.6 is 0 Å². The van der Waals surface area contributed by atoms with Gasteiger partial charge in [0.05, 0.1) is 0 Å². The van der Waals surface area contributed by atoms with Gasteiger partial charge in [-0.05, 0) is 25.2 Å². The van der Waals surface area contributed by atoms with E-state index < -0.39 is 18.2 Å². The number of carbonyl (C=O) groups excluding carboxylic acids is 2. The van der Waals surface area contributed by atoms with Crippen LogP contribution < -0.4 is 0 Å². The van der Waals surface area contributed by atoms with E-state index in [4.69, 9.17) is 15.9 Å². The molecule has 4 nitrogen and oxygen atoms in total. The molecule has 0 saturated carbocycles. The molecule has 0 saturated heterocycles. The van der Waals surface area contributed by atoms with Crippen molar-refractivity contribution >= 4 is 11.9 Å². The van der Waals surface area contributed by atoms with Crippen molar-refractivity contribution in [3.63, 3.8) is 0 Å². The number of allylic oxidation sites excluding steroid dienone is 3. The summed E-state index contributed by atoms with van der Waals surface area (Å²) in [5.41, 5.74) is 0. The van der Waals surface area contributed by atoms with Gasteiger partial charge in [-0.2, -0.15) is 0 Å². The van der Waals surface area contributed by atoms with Gasteiger partial charge < -0.3 is 9.47 Å². The van der Waals surface area contributed by atoms with E-state index in [9.17, 15) is 9.59 Å². The molecule has 0 heterocycles. The van der Waals surface area contributed by atoms with Crippen LogP contribution in [0.1, 0.15) is 117 Å². The van der Waals surface area contributed by atoms with E-state index in [1.54, 1.807) is 6.08 Å². The van der Waals surface area contributed by atoms with E-state index in [2.05, 4.69) is 19.8 Å². The normalized spacial score (nSPS) is 12.2. The number of unbranched alkanes of at least 4 members (excludes halogenated alkanes) is 13. The summed E-state index contributed by atoms with van der Waals surface area (Å²) in [7, 11) is 0. The fourth-order valence-electron chi connectivity index (χ4n) is 3.17. The van der Waals surface area contributed by atoms with E-state index in [1.165, 1.54) is 70.3 Å². The summed E-state index contributed by atoms with van der Waals surface area (Å²) in [5.74, 6) is 1.15. The van der Waals surface area contributed by atoms with Gasteiger partial charge in [-0.3, -0.25) is 4.79 Å². The third-order valence-corrected chi connectivity index (χ3v) is 5.04. The van der Waals surface area contributed by atoms with Crippen molar-refractivity contribution in [2.75, 3.05) is 0 Å². The molecule has 0 fully saturated rings. The number of rotatable bonds is 20. The third-order valence-electron chi connectivity index (χ3n) is 5.04. The number of hydrogen-bond acceptors (Lipinski definition) is 4. The molecule has 0 aliphatic heterocycles. The zero-order valence-electron chi connectivity index (χ0n) is 19.9. The van der Waals surface area contributed by atoms with Crippen LogP contribution in [0.25, 0.3) is 0 Å². The first kappa shape index (κ1) is 29.0. The van der Waals surface area contributed by atoms with Crippen LogP contribution in [0.2, 0.25) is 0 Å². The maximum Gasteiger partial charge on any atom is 0.334 e. The maximum atomic E-state index is 11.9. The van der Waals surface area contributed by atoms with Crippen molar-refractivity contribution in [1.29, 1.82) is 0 Å². The lowest BCUT2D eigenvalue weighted by atomic mass is 10.1. The lowest BCUT2D eigenvalue weighted by Crippen LogP contribution is -2.22. The molecule has 31 heavy (non-hydrogen) atoms. The Balaban J connectivity index is 3.84. The molecule has 0 radical (unpaired) electrons. The fourth-order valence-corrected chi connectivity index (χ4v) is 3.17. The van der Waals surface area contributed by atoms with Gasteiger partial charge in [-0.15, -0.1) is 6.42 Å². The first-order chi connectivity index (χ1) is 15.1. The lowest BCUT2D eigenvalue weighted by Gasteiger charge is -2.11. The van der Waals surface area contributed by atoms with Gasteiger partial charge in [-0.25, -0.2) is 4.79 Å². The molecule has 0 spiro atoms. The van der Waals surface area contributed by atoms with Crippen LogP contribution in [-0.4, -0.2) is 18.2 Å². The first-order valence-corrected chi connectivity index (χ1v) is 12.3. The smallest absolute Gasteiger partial charge is 0.334 e. The molecule has 4 heteroatoms. The molecule has 0 bridgehead atoms. The molecule has 0 N–H and O–H groups in total. The quantitative estimate of drug-likeness (QED) is 0.0501. The first-order valence-electron chi connectivity index (χ1n) is 12.3. The van der Waals surface area contributed by atoms with Gasteiger partial charge in [0.2, 0.25) is 0 Å². The van der Waals surface area contributed by atoms with Gasteiger partial charge >= 0.3 is 18.2 Å². The molecule has 0 aliphatic carbocycles. The van der Waals surface area contributed by atoms with Crippen LogP contribution in [0.5, 0.6) is 0 Å². The Morgan fingerprint density at radius 3 is 1.90 bits per heavy atom. The predicted molar refractivity (Wildman–Crippen MR) is 128 cm³/mol. The van der Waals surface area contributed by atoms with Gasteiger partial charge in [0, 0.05) is 12.5 Å². The van der Waals surface area contributed by atoms with Gasteiger partial charge in [-0.1, -0.05) is 109 Å². The van der Waals surface area contributed by atoms with Crippen LogP contribution in [0, 0.1) is 12.3 Å². The van der Waals surface area contributed by atoms with Crippen molar-refractivity contribution in [3.05, 3.63) is 24.3 Å². The Bertz CT molecular complexity index is 542. The molecule has 1 atom stereocenters. The second kappa shape index (κ2) is 22.7. The van der Waals surface area contributed by atoms with E-state index in [1.807, 2.05) is 12.2 Å². The van der Waals surface area contributed by atoms with Gasteiger partial charge in [0.25, 0.3) is 0 Å². The van der Waals surface area contributed by atoms with Crippen molar-refractivity contribution < 1.29 is 19.1 Å². The van der Waals surface area contributed by atoms with E-state index >= 15 is 0 Å². The number of hydrogen-bond donors (Lipinski definition) is 0. The zero-order chi connectivity index (χ0) is 23.0. The van der Waals surface area contributed by atoms with Crippen molar-refractivity contribution in [1.82, 2.24) is 0 Å². The molecular weight excluding hydrogens is 388 g/mol. The molecular formula is C27H44O4. The molecule has 0 rings (SSSR count). The SMILES string of the molecule is C#CC(OC(=O)C=CC=CCCCCCCC)OC(=O)CCCCCCCCCCC. The monoisotopic (exact) mass is 432 g/mol. The molecule has 0 aromatic heterocycles. The average molecular weight is 433 g/mol. The summed E-state index contributed by atoms with van der Waals surface area (Å²) in [6.45, 7) is 4.42. The second-order valence-electron chi connectivity index (χ2n) is 7.99. The minimum Gasteiger partial charge on any atom is -0.413 e. The number of ether oxygens (including phenoxy) is 2. The summed E-state index contributed by atoms with van der Waals surface area (Å²) >= 11 is 0. The molecule has 0 aromatic carbocycles. The summed E-state index contributed by atoms with van der Waals surface area (Å²) in [5, 5.41) is 0. The highest BCUT2D eigenvalue weighted by atomic mass is 16.7. The highest BCUT2D eigenvalue weighted by Crippen LogP contribution is 2.11. The average Bonchev–Trinajstić information content (AvgIpc) is 2.76. The van der Waals surface area contributed by atoms with Gasteiger partial charge in [0.1, 0.15) is 0 Å². The Hall–Kier alpha value is -2.02. The van der Waals surface area contributed by atoms with Crippen molar-refractivity contribution in [2.45, 2.75) is 123 Å². The number of esters is 2. The van der Waals surface area contributed by atoms with Crippen molar-refractivity contribution in [2.24, 2.45) is 0 Å². The van der Waals surface area contributed by atoms with Crippen LogP contribution in [0.15, 0.2) is 24.3 Å². The number of carbonyl (C=O) groups is 2. The fraction of sp³-hybridized carbons (Fsp3) is 0.704. The molecule has 0 aliphatic rings. The number of terminal acetylenes is 1. The highest BCUT2D eigenvalue weighted by Gasteiger charge is 2.14. The standard InChI is InChI=1S/C27H44O4/c1-4-7-9-11-13-15-17-19-21-23-25(28)30-27(6-3)31-26(29)24-22-20-18-16-14-12-10-8-5-2/h3,17,19,21,23,27H,4-5,7-16,18,20,22,24H2,1-2H3. The molecule has 0 aromatic rings. The van der Waals surface area contributed by atoms with E-state index in [0.717, 1.165) is 32.1 Å². The van der Waals surface area contributed by atoms with Crippen LogP contribution in [-0.2, 0) is 19.1 Å². The minimum atomic E-state index is -1.27. The molecule has 0 amide bonds. The Kier molecular flexibility index (Phi) is 21.2. The van der Waals surface area contributed by atoms with Crippen LogP contribution in [0.3, 0.4) is 0 Å².